The van der Waals surface area contributed by atoms with Gasteiger partial charge in [-0.2, -0.15) is 0 Å². The minimum Gasteiger partial charge on any atom is -0.339 e. The fraction of sp³-hybridized carbons (Fsp3) is 0.615. The lowest BCUT2D eigenvalue weighted by Gasteiger charge is -2.21. The summed E-state index contributed by atoms with van der Waals surface area (Å²) in [6, 6.07) is 4.93. The average molecular weight is 252 g/mol. The summed E-state index contributed by atoms with van der Waals surface area (Å²) in [5.74, 6) is 0.235. The Labute approximate surface area is 107 Å². The lowest BCUT2D eigenvalue weighted by atomic mass is 10.2. The molecule has 0 radical (unpaired) electrons. The molecule has 0 spiro atoms. The van der Waals surface area contributed by atoms with E-state index < -0.39 is 0 Å². The van der Waals surface area contributed by atoms with Crippen molar-refractivity contribution in [2.24, 2.45) is 0 Å². The summed E-state index contributed by atoms with van der Waals surface area (Å²) in [5.41, 5.74) is 0. The van der Waals surface area contributed by atoms with Crippen molar-refractivity contribution in [1.82, 2.24) is 10.2 Å². The number of carbonyl (C=O) groups excluding carboxylic acids is 1. The number of rotatable bonds is 6. The van der Waals surface area contributed by atoms with Crippen LogP contribution in [0.3, 0.4) is 0 Å². The SMILES string of the molecule is CCN(C(=O)CN[C@H](C)c1cccs1)C1CC1. The van der Waals surface area contributed by atoms with Crippen molar-refractivity contribution in [3.63, 3.8) is 0 Å². The summed E-state index contributed by atoms with van der Waals surface area (Å²) >= 11 is 1.73. The van der Waals surface area contributed by atoms with Crippen LogP contribution < -0.4 is 5.32 Å². The van der Waals surface area contributed by atoms with E-state index in [0.29, 0.717) is 12.6 Å². The van der Waals surface area contributed by atoms with Crippen molar-refractivity contribution in [1.29, 1.82) is 0 Å². The predicted octanol–water partition coefficient (Wildman–Crippen LogP) is 2.41. The molecule has 1 atom stereocenters. The number of amides is 1. The quantitative estimate of drug-likeness (QED) is 0.843. The molecular weight excluding hydrogens is 232 g/mol. The van der Waals surface area contributed by atoms with Crippen LogP contribution >= 0.6 is 11.3 Å². The number of nitrogens with zero attached hydrogens (tertiary/aromatic N) is 1. The molecule has 0 unspecified atom stereocenters. The zero-order valence-electron chi connectivity index (χ0n) is 10.5. The largest absolute Gasteiger partial charge is 0.339 e. The van der Waals surface area contributed by atoms with E-state index in [0.717, 1.165) is 6.54 Å². The van der Waals surface area contributed by atoms with Crippen LogP contribution in [0.15, 0.2) is 17.5 Å². The second kappa shape index (κ2) is 5.65. The zero-order valence-corrected chi connectivity index (χ0v) is 11.3. The Morgan fingerprint density at radius 2 is 2.41 bits per heavy atom. The third-order valence-electron chi connectivity index (χ3n) is 3.18. The first kappa shape index (κ1) is 12.6. The van der Waals surface area contributed by atoms with Gasteiger partial charge in [-0.15, -0.1) is 11.3 Å². The molecule has 0 aromatic carbocycles. The molecule has 17 heavy (non-hydrogen) atoms. The molecule has 1 amide bonds. The maximum Gasteiger partial charge on any atom is 0.236 e. The van der Waals surface area contributed by atoms with Crippen molar-refractivity contribution in [2.45, 2.75) is 38.8 Å². The highest BCUT2D eigenvalue weighted by Gasteiger charge is 2.31. The van der Waals surface area contributed by atoms with Crippen LogP contribution in [0.2, 0.25) is 0 Å². The number of hydrogen-bond acceptors (Lipinski definition) is 3. The summed E-state index contributed by atoms with van der Waals surface area (Å²) < 4.78 is 0. The van der Waals surface area contributed by atoms with Gasteiger partial charge in [0.1, 0.15) is 0 Å². The third kappa shape index (κ3) is 3.30. The summed E-state index contributed by atoms with van der Waals surface area (Å²) in [6.45, 7) is 5.44. The van der Waals surface area contributed by atoms with Crippen LogP contribution in [0.4, 0.5) is 0 Å². The molecule has 1 heterocycles. The molecule has 2 rings (SSSR count). The molecule has 0 bridgehead atoms. The standard InChI is InChI=1S/C13H20N2OS/c1-3-15(11-6-7-11)13(16)9-14-10(2)12-5-4-8-17-12/h4-5,8,10-11,14H,3,6-7,9H2,1-2H3/t10-/m1/s1. The number of carbonyl (C=O) groups is 1. The fourth-order valence-electron chi connectivity index (χ4n) is 2.00. The van der Waals surface area contributed by atoms with Gasteiger partial charge in [0.2, 0.25) is 5.91 Å². The minimum atomic E-state index is 0.235. The van der Waals surface area contributed by atoms with Crippen molar-refractivity contribution >= 4 is 17.2 Å². The van der Waals surface area contributed by atoms with Gasteiger partial charge < -0.3 is 10.2 Å². The monoisotopic (exact) mass is 252 g/mol. The summed E-state index contributed by atoms with van der Waals surface area (Å²) in [4.78, 5) is 15.3. The second-order valence-electron chi connectivity index (χ2n) is 4.53. The first-order chi connectivity index (χ1) is 8.22. The minimum absolute atomic E-state index is 0.235. The normalized spacial score (nSPS) is 16.8. The molecule has 4 heteroatoms. The maximum atomic E-state index is 12.0. The fourth-order valence-corrected chi connectivity index (χ4v) is 2.76. The van der Waals surface area contributed by atoms with Gasteiger partial charge in [-0.25, -0.2) is 0 Å². The Bertz CT molecular complexity index is 360. The second-order valence-corrected chi connectivity index (χ2v) is 5.51. The van der Waals surface area contributed by atoms with Gasteiger partial charge in [0.25, 0.3) is 0 Å². The number of nitrogens with one attached hydrogen (secondary N) is 1. The van der Waals surface area contributed by atoms with Crippen LogP contribution in [0.1, 0.15) is 37.6 Å². The zero-order chi connectivity index (χ0) is 12.3. The molecule has 1 saturated carbocycles. The Kier molecular flexibility index (Phi) is 4.18. The lowest BCUT2D eigenvalue weighted by Crippen LogP contribution is -2.40. The van der Waals surface area contributed by atoms with E-state index in [2.05, 4.69) is 30.6 Å². The molecular formula is C13H20N2OS. The Morgan fingerprint density at radius 1 is 1.65 bits per heavy atom. The van der Waals surface area contributed by atoms with Crippen molar-refractivity contribution in [3.05, 3.63) is 22.4 Å². The van der Waals surface area contributed by atoms with E-state index in [4.69, 9.17) is 0 Å². The van der Waals surface area contributed by atoms with Gasteiger partial charge in [-0.05, 0) is 38.1 Å². The smallest absolute Gasteiger partial charge is 0.236 e. The highest BCUT2D eigenvalue weighted by molar-refractivity contribution is 7.10. The first-order valence-corrected chi connectivity index (χ1v) is 7.16. The molecule has 1 fully saturated rings. The topological polar surface area (TPSA) is 32.3 Å². The van der Waals surface area contributed by atoms with E-state index in [-0.39, 0.29) is 11.9 Å². The molecule has 0 saturated heterocycles. The van der Waals surface area contributed by atoms with E-state index >= 15 is 0 Å². The third-order valence-corrected chi connectivity index (χ3v) is 4.23. The van der Waals surface area contributed by atoms with Crippen molar-refractivity contribution in [3.8, 4) is 0 Å². The average Bonchev–Trinajstić information content (AvgIpc) is 3.00. The summed E-state index contributed by atoms with van der Waals surface area (Å²) in [5, 5.41) is 5.37. The molecule has 3 nitrogen and oxygen atoms in total. The Morgan fingerprint density at radius 3 is 2.94 bits per heavy atom. The van der Waals surface area contributed by atoms with E-state index in [1.54, 1.807) is 11.3 Å². The molecule has 1 aromatic rings. The van der Waals surface area contributed by atoms with Crippen LogP contribution in [-0.2, 0) is 4.79 Å². The first-order valence-electron chi connectivity index (χ1n) is 6.28. The van der Waals surface area contributed by atoms with E-state index in [1.807, 2.05) is 11.0 Å². The van der Waals surface area contributed by atoms with E-state index in [9.17, 15) is 4.79 Å². The number of likely N-dealkylation sites (N-methyl/N-ethyl adjacent to an activating group) is 1. The molecule has 1 aliphatic rings. The summed E-state index contributed by atoms with van der Waals surface area (Å²) in [6.07, 6.45) is 2.36. The van der Waals surface area contributed by atoms with Gasteiger partial charge in [0, 0.05) is 23.5 Å². The highest BCUT2D eigenvalue weighted by Crippen LogP contribution is 2.26. The van der Waals surface area contributed by atoms with Gasteiger partial charge in [-0.3, -0.25) is 4.79 Å². The van der Waals surface area contributed by atoms with Gasteiger partial charge in [-0.1, -0.05) is 6.07 Å². The summed E-state index contributed by atoms with van der Waals surface area (Å²) in [7, 11) is 0. The van der Waals surface area contributed by atoms with Crippen molar-refractivity contribution < 1.29 is 4.79 Å². The maximum absolute atomic E-state index is 12.0. The molecule has 1 aromatic heterocycles. The number of thiophene rings is 1. The highest BCUT2D eigenvalue weighted by atomic mass is 32.1. The van der Waals surface area contributed by atoms with Crippen LogP contribution in [0.5, 0.6) is 0 Å². The van der Waals surface area contributed by atoms with Crippen LogP contribution in [0.25, 0.3) is 0 Å². The lowest BCUT2D eigenvalue weighted by molar-refractivity contribution is -0.130. The Balaban J connectivity index is 1.79. The van der Waals surface area contributed by atoms with Crippen LogP contribution in [0, 0.1) is 0 Å². The number of hydrogen-bond donors (Lipinski definition) is 1. The van der Waals surface area contributed by atoms with E-state index in [1.165, 1.54) is 17.7 Å². The molecule has 1 aliphatic carbocycles. The van der Waals surface area contributed by atoms with Crippen molar-refractivity contribution in [2.75, 3.05) is 13.1 Å². The van der Waals surface area contributed by atoms with Gasteiger partial charge in [0.15, 0.2) is 0 Å². The van der Waals surface area contributed by atoms with Gasteiger partial charge in [0.05, 0.1) is 6.54 Å². The van der Waals surface area contributed by atoms with Crippen LogP contribution in [-0.4, -0.2) is 29.9 Å². The molecule has 0 aliphatic heterocycles. The van der Waals surface area contributed by atoms with Gasteiger partial charge >= 0.3 is 0 Å². The molecule has 94 valence electrons. The molecule has 1 N–H and O–H groups in total. The predicted molar refractivity (Wildman–Crippen MR) is 71.1 cm³/mol. The Hall–Kier alpha value is -0.870.